The van der Waals surface area contributed by atoms with E-state index in [4.69, 9.17) is 4.52 Å². The van der Waals surface area contributed by atoms with E-state index < -0.39 is 0 Å². The molecule has 1 aromatic heterocycles. The van der Waals surface area contributed by atoms with Gasteiger partial charge in [-0.05, 0) is 26.0 Å². The molecule has 0 aliphatic carbocycles. The second kappa shape index (κ2) is 6.69. The van der Waals surface area contributed by atoms with Gasteiger partial charge in [-0.2, -0.15) is 0 Å². The Morgan fingerprint density at radius 2 is 1.67 bits per heavy atom. The van der Waals surface area contributed by atoms with Gasteiger partial charge in [-0.15, -0.1) is 0 Å². The average Bonchev–Trinajstić information content (AvgIpc) is 2.84. The largest absolute Gasteiger partial charge is 0.360 e. The summed E-state index contributed by atoms with van der Waals surface area (Å²) in [6.07, 6.45) is 0.195. The van der Waals surface area contributed by atoms with Gasteiger partial charge in [-0.3, -0.25) is 9.59 Å². The summed E-state index contributed by atoms with van der Waals surface area (Å²) >= 11 is 0. The van der Waals surface area contributed by atoms with E-state index >= 15 is 0 Å². The number of amides is 2. The van der Waals surface area contributed by atoms with Gasteiger partial charge in [-0.1, -0.05) is 22.9 Å². The summed E-state index contributed by atoms with van der Waals surface area (Å²) < 4.78 is 4.84. The number of nitrogens with zero attached hydrogens (tertiary/aromatic N) is 1. The Labute approximate surface area is 122 Å². The number of carbonyl (C=O) groups excluding carboxylic acids is 2. The lowest BCUT2D eigenvalue weighted by Gasteiger charge is -2.05. The van der Waals surface area contributed by atoms with Crippen molar-refractivity contribution in [3.05, 3.63) is 41.7 Å². The number of aromatic nitrogens is 1. The highest BCUT2D eigenvalue weighted by atomic mass is 16.5. The maximum atomic E-state index is 11.7. The van der Waals surface area contributed by atoms with E-state index in [9.17, 15) is 9.59 Å². The van der Waals surface area contributed by atoms with E-state index in [1.165, 1.54) is 0 Å². The van der Waals surface area contributed by atoms with Crippen LogP contribution >= 0.6 is 0 Å². The summed E-state index contributed by atoms with van der Waals surface area (Å²) in [5, 5.41) is 8.96. The molecule has 0 saturated carbocycles. The van der Waals surface area contributed by atoms with Crippen LogP contribution < -0.4 is 10.6 Å². The summed E-state index contributed by atoms with van der Waals surface area (Å²) in [4.78, 5) is 23.4. The number of anilines is 2. The molecule has 0 unspecified atom stereocenters. The zero-order valence-corrected chi connectivity index (χ0v) is 12.0. The molecule has 1 heterocycles. The molecule has 2 amide bonds. The first kappa shape index (κ1) is 14.8. The second-order valence-corrected chi connectivity index (χ2v) is 4.79. The van der Waals surface area contributed by atoms with E-state index in [1.807, 2.05) is 31.2 Å². The molecule has 0 atom stereocenters. The SMILES string of the molecule is Cc1ccc(NC(=O)CCC(=O)Nc2cc(C)on2)cc1. The molecule has 2 aromatic rings. The molecule has 6 heteroatoms. The number of nitrogens with one attached hydrogen (secondary N) is 2. The number of hydrogen-bond donors (Lipinski definition) is 2. The summed E-state index contributed by atoms with van der Waals surface area (Å²) in [5.74, 6) is 0.492. The molecule has 6 nitrogen and oxygen atoms in total. The molecule has 0 fully saturated rings. The van der Waals surface area contributed by atoms with Crippen molar-refractivity contribution in [2.45, 2.75) is 26.7 Å². The first-order valence-corrected chi connectivity index (χ1v) is 6.62. The van der Waals surface area contributed by atoms with Gasteiger partial charge in [0.1, 0.15) is 5.76 Å². The summed E-state index contributed by atoms with van der Waals surface area (Å²) in [7, 11) is 0. The van der Waals surface area contributed by atoms with Crippen LogP contribution in [0, 0.1) is 13.8 Å². The van der Waals surface area contributed by atoms with Gasteiger partial charge in [0.15, 0.2) is 5.82 Å². The Morgan fingerprint density at radius 1 is 1.05 bits per heavy atom. The minimum absolute atomic E-state index is 0.0869. The lowest BCUT2D eigenvalue weighted by molar-refractivity contribution is -0.121. The molecule has 0 spiro atoms. The van der Waals surface area contributed by atoms with Gasteiger partial charge in [0.2, 0.25) is 11.8 Å². The fourth-order valence-corrected chi connectivity index (χ4v) is 1.72. The molecule has 0 aliphatic rings. The van der Waals surface area contributed by atoms with Crippen LogP contribution in [0.4, 0.5) is 11.5 Å². The van der Waals surface area contributed by atoms with Crippen molar-refractivity contribution < 1.29 is 14.1 Å². The van der Waals surface area contributed by atoms with Crippen molar-refractivity contribution in [2.75, 3.05) is 10.6 Å². The van der Waals surface area contributed by atoms with Crippen LogP contribution in [0.2, 0.25) is 0 Å². The van der Waals surface area contributed by atoms with Crippen molar-refractivity contribution in [3.8, 4) is 0 Å². The molecule has 110 valence electrons. The van der Waals surface area contributed by atoms with Crippen LogP contribution in [-0.4, -0.2) is 17.0 Å². The smallest absolute Gasteiger partial charge is 0.226 e. The zero-order valence-electron chi connectivity index (χ0n) is 12.0. The Hall–Kier alpha value is -2.63. The minimum atomic E-state index is -0.276. The van der Waals surface area contributed by atoms with E-state index in [-0.39, 0.29) is 24.7 Å². The standard InChI is InChI=1S/C15H17N3O3/c1-10-3-5-12(6-4-10)16-14(19)7-8-15(20)17-13-9-11(2)21-18-13/h3-6,9H,7-8H2,1-2H3,(H,16,19)(H,17,18,20). The molecule has 21 heavy (non-hydrogen) atoms. The van der Waals surface area contributed by atoms with Crippen LogP contribution in [0.15, 0.2) is 34.9 Å². The number of hydrogen-bond acceptors (Lipinski definition) is 4. The van der Waals surface area contributed by atoms with E-state index in [0.29, 0.717) is 11.6 Å². The van der Waals surface area contributed by atoms with Crippen LogP contribution in [0.25, 0.3) is 0 Å². The van der Waals surface area contributed by atoms with Gasteiger partial charge in [0, 0.05) is 24.6 Å². The lowest BCUT2D eigenvalue weighted by Crippen LogP contribution is -2.17. The Kier molecular flexibility index (Phi) is 4.71. The minimum Gasteiger partial charge on any atom is -0.360 e. The Bertz CT molecular complexity index is 632. The normalized spacial score (nSPS) is 10.2. The van der Waals surface area contributed by atoms with Gasteiger partial charge >= 0.3 is 0 Å². The molecule has 0 radical (unpaired) electrons. The second-order valence-electron chi connectivity index (χ2n) is 4.79. The quantitative estimate of drug-likeness (QED) is 0.885. The van der Waals surface area contributed by atoms with Gasteiger partial charge < -0.3 is 15.2 Å². The van der Waals surface area contributed by atoms with Gasteiger partial charge in [-0.25, -0.2) is 0 Å². The molecular formula is C15H17N3O3. The highest BCUT2D eigenvalue weighted by Gasteiger charge is 2.09. The third-order valence-electron chi connectivity index (χ3n) is 2.81. The van der Waals surface area contributed by atoms with Crippen LogP contribution in [0.1, 0.15) is 24.2 Å². The van der Waals surface area contributed by atoms with Crippen molar-refractivity contribution in [1.82, 2.24) is 5.16 Å². The summed E-state index contributed by atoms with van der Waals surface area (Å²) in [5.41, 5.74) is 1.84. The third kappa shape index (κ3) is 4.76. The Balaban J connectivity index is 1.75. The molecule has 2 N–H and O–H groups in total. The van der Waals surface area contributed by atoms with Crippen molar-refractivity contribution in [1.29, 1.82) is 0 Å². The predicted molar refractivity (Wildman–Crippen MR) is 78.9 cm³/mol. The molecule has 2 rings (SSSR count). The molecular weight excluding hydrogens is 270 g/mol. The Morgan fingerprint density at radius 3 is 2.24 bits per heavy atom. The lowest BCUT2D eigenvalue weighted by atomic mass is 10.2. The first-order valence-electron chi connectivity index (χ1n) is 6.62. The maximum absolute atomic E-state index is 11.7. The molecule has 1 aromatic carbocycles. The van der Waals surface area contributed by atoms with E-state index in [2.05, 4.69) is 15.8 Å². The van der Waals surface area contributed by atoms with Gasteiger partial charge in [0.25, 0.3) is 0 Å². The third-order valence-corrected chi connectivity index (χ3v) is 2.81. The van der Waals surface area contributed by atoms with Crippen molar-refractivity contribution in [2.24, 2.45) is 0 Å². The first-order chi connectivity index (χ1) is 10.0. The fraction of sp³-hybridized carbons (Fsp3) is 0.267. The van der Waals surface area contributed by atoms with Crippen LogP contribution in [-0.2, 0) is 9.59 Å². The summed E-state index contributed by atoms with van der Waals surface area (Å²) in [6, 6.07) is 9.09. The van der Waals surface area contributed by atoms with Gasteiger partial charge in [0.05, 0.1) is 0 Å². The van der Waals surface area contributed by atoms with E-state index in [0.717, 1.165) is 11.3 Å². The number of aryl methyl sites for hydroxylation is 2. The average molecular weight is 287 g/mol. The van der Waals surface area contributed by atoms with E-state index in [1.54, 1.807) is 13.0 Å². The highest BCUT2D eigenvalue weighted by Crippen LogP contribution is 2.10. The summed E-state index contributed by atoms with van der Waals surface area (Å²) in [6.45, 7) is 3.71. The topological polar surface area (TPSA) is 84.2 Å². The molecule has 0 saturated heterocycles. The predicted octanol–water partition coefficient (Wildman–Crippen LogP) is 2.65. The number of rotatable bonds is 5. The number of benzene rings is 1. The molecule has 0 bridgehead atoms. The van der Waals surface area contributed by atoms with Crippen LogP contribution in [0.5, 0.6) is 0 Å². The van der Waals surface area contributed by atoms with Crippen molar-refractivity contribution in [3.63, 3.8) is 0 Å². The monoisotopic (exact) mass is 287 g/mol. The maximum Gasteiger partial charge on any atom is 0.226 e. The zero-order chi connectivity index (χ0) is 15.2. The number of carbonyl (C=O) groups is 2. The van der Waals surface area contributed by atoms with Crippen molar-refractivity contribution >= 4 is 23.3 Å². The fourth-order valence-electron chi connectivity index (χ4n) is 1.72. The highest BCUT2D eigenvalue weighted by molar-refractivity contribution is 5.96. The van der Waals surface area contributed by atoms with Crippen LogP contribution in [0.3, 0.4) is 0 Å². The molecule has 0 aliphatic heterocycles.